The van der Waals surface area contributed by atoms with Crippen molar-refractivity contribution in [2.75, 3.05) is 13.2 Å². The van der Waals surface area contributed by atoms with Crippen LogP contribution in [0.2, 0.25) is 0 Å². The Balaban J connectivity index is 2.47. The predicted octanol–water partition coefficient (Wildman–Crippen LogP) is 3.61. The Morgan fingerprint density at radius 1 is 1.18 bits per heavy atom. The number of hydrogen-bond acceptors (Lipinski definition) is 2. The molecule has 102 valence electrons. The van der Waals surface area contributed by atoms with E-state index in [4.69, 9.17) is 4.74 Å². The first-order chi connectivity index (χ1) is 7.74. The van der Waals surface area contributed by atoms with Gasteiger partial charge in [0.05, 0.1) is 6.61 Å². The van der Waals surface area contributed by atoms with Gasteiger partial charge in [-0.25, -0.2) is 0 Å². The maximum Gasteiger partial charge on any atom is 0.0616 e. The van der Waals surface area contributed by atoms with Crippen LogP contribution in [0.4, 0.5) is 0 Å². The largest absolute Gasteiger partial charge is 0.380 e. The third kappa shape index (κ3) is 5.39. The summed E-state index contributed by atoms with van der Waals surface area (Å²) in [5.41, 5.74) is 0.926. The van der Waals surface area contributed by atoms with Crippen LogP contribution >= 0.6 is 0 Å². The van der Waals surface area contributed by atoms with Crippen LogP contribution in [0.3, 0.4) is 0 Å². The Labute approximate surface area is 108 Å². The van der Waals surface area contributed by atoms with Crippen molar-refractivity contribution in [3.63, 3.8) is 0 Å². The molecule has 0 bridgehead atoms. The fraction of sp³-hybridized carbons (Fsp3) is 1.00. The lowest BCUT2D eigenvalue weighted by Crippen LogP contribution is -2.47. The average Bonchev–Trinajstić information content (AvgIpc) is 2.09. The van der Waals surface area contributed by atoms with Crippen LogP contribution in [-0.2, 0) is 4.74 Å². The van der Waals surface area contributed by atoms with E-state index in [1.54, 1.807) is 0 Å². The van der Waals surface area contributed by atoms with Crippen molar-refractivity contribution in [1.29, 1.82) is 0 Å². The first-order valence-electron chi connectivity index (χ1n) is 7.08. The summed E-state index contributed by atoms with van der Waals surface area (Å²) in [6.07, 6.45) is 3.90. The molecule has 0 aromatic rings. The van der Waals surface area contributed by atoms with Crippen LogP contribution in [0.15, 0.2) is 0 Å². The Morgan fingerprint density at radius 3 is 2.18 bits per heavy atom. The van der Waals surface area contributed by atoms with E-state index >= 15 is 0 Å². The lowest BCUT2D eigenvalue weighted by atomic mass is 9.63. The second-order valence-corrected chi connectivity index (χ2v) is 7.34. The molecule has 1 atom stereocenters. The highest BCUT2D eigenvalue weighted by Gasteiger charge is 2.38. The average molecular weight is 241 g/mol. The molecule has 0 saturated heterocycles. The Hall–Kier alpha value is -0.0800. The van der Waals surface area contributed by atoms with Gasteiger partial charge in [-0.1, -0.05) is 27.7 Å². The van der Waals surface area contributed by atoms with Crippen LogP contribution in [0.1, 0.15) is 60.8 Å². The molecule has 1 fully saturated rings. The number of rotatable bonds is 5. The summed E-state index contributed by atoms with van der Waals surface area (Å²) in [5.74, 6) is 0. The molecule has 1 unspecified atom stereocenters. The van der Waals surface area contributed by atoms with Crippen molar-refractivity contribution in [2.24, 2.45) is 10.8 Å². The maximum absolute atomic E-state index is 5.48. The molecule has 1 aliphatic rings. The Bertz CT molecular complexity index is 219. The number of ether oxygens (including phenoxy) is 1. The van der Waals surface area contributed by atoms with E-state index in [0.717, 1.165) is 13.2 Å². The van der Waals surface area contributed by atoms with Gasteiger partial charge in [0.15, 0.2) is 0 Å². The summed E-state index contributed by atoms with van der Waals surface area (Å²) in [6, 6.07) is 1.11. The topological polar surface area (TPSA) is 21.3 Å². The minimum absolute atomic E-state index is 0.463. The second kappa shape index (κ2) is 5.71. The lowest BCUT2D eigenvalue weighted by molar-refractivity contribution is 0.0673. The van der Waals surface area contributed by atoms with Crippen LogP contribution in [0.25, 0.3) is 0 Å². The molecule has 2 heteroatoms. The highest BCUT2D eigenvalue weighted by molar-refractivity contribution is 4.92. The van der Waals surface area contributed by atoms with Gasteiger partial charge in [0.2, 0.25) is 0 Å². The second-order valence-electron chi connectivity index (χ2n) is 7.34. The highest BCUT2D eigenvalue weighted by atomic mass is 16.5. The molecule has 0 radical (unpaired) electrons. The lowest BCUT2D eigenvalue weighted by Gasteiger charge is -2.46. The first kappa shape index (κ1) is 15.0. The van der Waals surface area contributed by atoms with E-state index < -0.39 is 0 Å². The van der Waals surface area contributed by atoms with Crippen molar-refractivity contribution in [3.8, 4) is 0 Å². The molecule has 17 heavy (non-hydrogen) atoms. The van der Waals surface area contributed by atoms with Crippen LogP contribution in [0, 0.1) is 10.8 Å². The molecule has 0 spiro atoms. The maximum atomic E-state index is 5.48. The SMILES string of the molecule is CCOCC(C)NC1CC(C)(C)CC(C)(C)C1. The van der Waals surface area contributed by atoms with Gasteiger partial charge in [0.25, 0.3) is 0 Å². The molecular weight excluding hydrogens is 210 g/mol. The van der Waals surface area contributed by atoms with E-state index in [9.17, 15) is 0 Å². The zero-order chi connectivity index (χ0) is 13.1. The summed E-state index contributed by atoms with van der Waals surface area (Å²) in [7, 11) is 0. The smallest absolute Gasteiger partial charge is 0.0616 e. The molecule has 1 saturated carbocycles. The van der Waals surface area contributed by atoms with Crippen molar-refractivity contribution in [3.05, 3.63) is 0 Å². The van der Waals surface area contributed by atoms with E-state index in [2.05, 4.69) is 46.9 Å². The fourth-order valence-corrected chi connectivity index (χ4v) is 3.71. The normalized spacial score (nSPS) is 25.8. The van der Waals surface area contributed by atoms with E-state index in [1.807, 2.05) is 0 Å². The van der Waals surface area contributed by atoms with Crippen molar-refractivity contribution >= 4 is 0 Å². The number of hydrogen-bond donors (Lipinski definition) is 1. The van der Waals surface area contributed by atoms with Crippen molar-refractivity contribution in [1.82, 2.24) is 5.32 Å². The molecule has 0 amide bonds. The van der Waals surface area contributed by atoms with Gasteiger partial charge >= 0.3 is 0 Å². The molecule has 0 aliphatic heterocycles. The molecule has 1 N–H and O–H groups in total. The number of nitrogens with one attached hydrogen (secondary N) is 1. The van der Waals surface area contributed by atoms with Gasteiger partial charge in [0.1, 0.15) is 0 Å². The molecule has 2 nitrogen and oxygen atoms in total. The molecule has 0 heterocycles. The van der Waals surface area contributed by atoms with Crippen LogP contribution < -0.4 is 5.32 Å². The van der Waals surface area contributed by atoms with E-state index in [0.29, 0.717) is 22.9 Å². The van der Waals surface area contributed by atoms with Gasteiger partial charge < -0.3 is 10.1 Å². The van der Waals surface area contributed by atoms with Gasteiger partial charge in [-0.15, -0.1) is 0 Å². The van der Waals surface area contributed by atoms with Crippen LogP contribution in [-0.4, -0.2) is 25.3 Å². The van der Waals surface area contributed by atoms with Crippen molar-refractivity contribution in [2.45, 2.75) is 72.9 Å². The van der Waals surface area contributed by atoms with Crippen LogP contribution in [0.5, 0.6) is 0 Å². The van der Waals surface area contributed by atoms with Gasteiger partial charge in [0, 0.05) is 18.7 Å². The minimum Gasteiger partial charge on any atom is -0.380 e. The summed E-state index contributed by atoms with van der Waals surface area (Å²) in [4.78, 5) is 0. The Morgan fingerprint density at radius 2 is 1.71 bits per heavy atom. The van der Waals surface area contributed by atoms with Crippen molar-refractivity contribution < 1.29 is 4.74 Å². The highest BCUT2D eigenvalue weighted by Crippen LogP contribution is 2.45. The zero-order valence-electron chi connectivity index (χ0n) is 12.6. The summed E-state index contributed by atoms with van der Waals surface area (Å²) < 4.78 is 5.48. The quantitative estimate of drug-likeness (QED) is 0.794. The molecule has 0 aromatic heterocycles. The third-order valence-corrected chi connectivity index (χ3v) is 3.65. The molecule has 1 rings (SSSR count). The molecular formula is C15H31NO. The Kier molecular flexibility index (Phi) is 5.03. The standard InChI is InChI=1S/C15H31NO/c1-7-17-10-12(2)16-13-8-14(3,4)11-15(5,6)9-13/h12-13,16H,7-11H2,1-6H3. The predicted molar refractivity (Wildman–Crippen MR) is 74.3 cm³/mol. The van der Waals surface area contributed by atoms with Gasteiger partial charge in [-0.2, -0.15) is 0 Å². The summed E-state index contributed by atoms with van der Waals surface area (Å²) >= 11 is 0. The fourth-order valence-electron chi connectivity index (χ4n) is 3.71. The summed E-state index contributed by atoms with van der Waals surface area (Å²) in [5, 5.41) is 3.74. The zero-order valence-corrected chi connectivity index (χ0v) is 12.6. The third-order valence-electron chi connectivity index (χ3n) is 3.65. The summed E-state index contributed by atoms with van der Waals surface area (Å²) in [6.45, 7) is 15.5. The first-order valence-corrected chi connectivity index (χ1v) is 7.08. The molecule has 1 aliphatic carbocycles. The van der Waals surface area contributed by atoms with E-state index in [-0.39, 0.29) is 0 Å². The van der Waals surface area contributed by atoms with Gasteiger partial charge in [-0.3, -0.25) is 0 Å². The van der Waals surface area contributed by atoms with Gasteiger partial charge in [-0.05, 0) is 43.9 Å². The minimum atomic E-state index is 0.463. The van der Waals surface area contributed by atoms with E-state index in [1.165, 1.54) is 19.3 Å². The molecule has 0 aromatic carbocycles. The monoisotopic (exact) mass is 241 g/mol.